The van der Waals surface area contributed by atoms with Gasteiger partial charge in [0.2, 0.25) is 0 Å². The van der Waals surface area contributed by atoms with E-state index in [0.29, 0.717) is 28.4 Å². The van der Waals surface area contributed by atoms with E-state index in [1.807, 2.05) is 0 Å². The Morgan fingerprint density at radius 2 is 1.91 bits per heavy atom. The smallest absolute Gasteiger partial charge is 0.140 e. The molecule has 3 saturated carbocycles. The number of Topliss-reactive ketones (excluding diaryl/α,β-unsaturated/α-hetero) is 1. The van der Waals surface area contributed by atoms with Gasteiger partial charge in [0.25, 0.3) is 0 Å². The molecule has 0 aromatic heterocycles. The Balaban J connectivity index is 1.84. The van der Waals surface area contributed by atoms with Crippen molar-refractivity contribution in [2.75, 3.05) is 0 Å². The second-order valence-corrected chi connectivity index (χ2v) is 9.83. The van der Waals surface area contributed by atoms with Gasteiger partial charge in [-0.05, 0) is 66.6 Å². The summed E-state index contributed by atoms with van der Waals surface area (Å²) < 4.78 is 0. The van der Waals surface area contributed by atoms with E-state index >= 15 is 0 Å². The summed E-state index contributed by atoms with van der Waals surface area (Å²) in [6.07, 6.45) is 9.72. The van der Waals surface area contributed by atoms with Crippen LogP contribution in [0.1, 0.15) is 73.1 Å². The topological polar surface area (TPSA) is 17.1 Å². The van der Waals surface area contributed by atoms with Crippen molar-refractivity contribution in [3.63, 3.8) is 0 Å². The number of fused-ring (bicyclic) bond motifs is 2. The zero-order valence-corrected chi connectivity index (χ0v) is 15.0. The van der Waals surface area contributed by atoms with Gasteiger partial charge in [-0.1, -0.05) is 46.3 Å². The second kappa shape index (κ2) is 4.28. The molecule has 4 aliphatic rings. The first-order valence-corrected chi connectivity index (χ1v) is 9.50. The lowest BCUT2D eigenvalue weighted by molar-refractivity contribution is -0.129. The van der Waals surface area contributed by atoms with Crippen molar-refractivity contribution in [2.24, 2.45) is 39.9 Å². The number of carbonyl (C=O) groups excluding carboxylic acids is 1. The Morgan fingerprint density at radius 1 is 1.18 bits per heavy atom. The van der Waals surface area contributed by atoms with Crippen LogP contribution in [0.3, 0.4) is 0 Å². The maximum absolute atomic E-state index is 13.1. The van der Waals surface area contributed by atoms with Crippen molar-refractivity contribution in [2.45, 2.75) is 73.1 Å². The lowest BCUT2D eigenvalue weighted by Gasteiger charge is -2.42. The molecule has 1 heteroatoms. The van der Waals surface area contributed by atoms with Crippen LogP contribution in [0.25, 0.3) is 0 Å². The molecule has 1 nitrogen and oxygen atoms in total. The Morgan fingerprint density at radius 3 is 2.55 bits per heavy atom. The van der Waals surface area contributed by atoms with Crippen molar-refractivity contribution in [1.82, 2.24) is 0 Å². The highest BCUT2D eigenvalue weighted by molar-refractivity contribution is 5.90. The molecule has 0 radical (unpaired) electrons. The summed E-state index contributed by atoms with van der Waals surface area (Å²) in [7, 11) is 0. The summed E-state index contributed by atoms with van der Waals surface area (Å²) >= 11 is 0. The van der Waals surface area contributed by atoms with E-state index in [1.165, 1.54) is 32.1 Å². The van der Waals surface area contributed by atoms with Gasteiger partial charge in [-0.25, -0.2) is 0 Å². The first kappa shape index (κ1) is 15.0. The molecule has 0 N–H and O–H groups in total. The molecule has 122 valence electrons. The van der Waals surface area contributed by atoms with Gasteiger partial charge >= 0.3 is 0 Å². The summed E-state index contributed by atoms with van der Waals surface area (Å²) in [4.78, 5) is 13.1. The van der Waals surface area contributed by atoms with E-state index in [9.17, 15) is 4.79 Å². The number of hydrogen-bond donors (Lipinski definition) is 0. The van der Waals surface area contributed by atoms with Crippen LogP contribution >= 0.6 is 0 Å². The van der Waals surface area contributed by atoms with Gasteiger partial charge in [-0.2, -0.15) is 0 Å². The molecule has 4 aliphatic carbocycles. The lowest BCUT2D eigenvalue weighted by Crippen LogP contribution is -2.40. The van der Waals surface area contributed by atoms with Gasteiger partial charge in [0, 0.05) is 11.8 Å². The van der Waals surface area contributed by atoms with Crippen LogP contribution < -0.4 is 0 Å². The third kappa shape index (κ3) is 1.59. The first-order chi connectivity index (χ1) is 10.2. The van der Waals surface area contributed by atoms with Gasteiger partial charge in [0.05, 0.1) is 0 Å². The molecule has 0 aliphatic heterocycles. The minimum atomic E-state index is 0.0569. The van der Waals surface area contributed by atoms with Crippen LogP contribution in [0.2, 0.25) is 0 Å². The lowest BCUT2D eigenvalue weighted by atomic mass is 9.61. The fraction of sp³-hybridized carbons (Fsp3) is 0.857. The quantitative estimate of drug-likeness (QED) is 0.592. The van der Waals surface area contributed by atoms with Gasteiger partial charge in [0.1, 0.15) is 5.78 Å². The minimum absolute atomic E-state index is 0.0569. The molecule has 0 aromatic rings. The molecule has 6 atom stereocenters. The van der Waals surface area contributed by atoms with E-state index in [-0.39, 0.29) is 5.41 Å². The zero-order chi connectivity index (χ0) is 15.9. The minimum Gasteiger partial charge on any atom is -0.299 e. The van der Waals surface area contributed by atoms with Crippen LogP contribution in [-0.4, -0.2) is 5.78 Å². The summed E-state index contributed by atoms with van der Waals surface area (Å²) in [5, 5.41) is 0. The number of hydrogen-bond acceptors (Lipinski definition) is 1. The Hall–Kier alpha value is -0.590. The summed E-state index contributed by atoms with van der Waals surface area (Å²) in [5.41, 5.74) is 2.44. The number of carbonyl (C=O) groups is 1. The van der Waals surface area contributed by atoms with E-state index < -0.39 is 0 Å². The van der Waals surface area contributed by atoms with Gasteiger partial charge in [0.15, 0.2) is 0 Å². The van der Waals surface area contributed by atoms with E-state index in [0.717, 1.165) is 18.3 Å². The van der Waals surface area contributed by atoms with E-state index in [1.54, 1.807) is 5.57 Å². The largest absolute Gasteiger partial charge is 0.299 e. The van der Waals surface area contributed by atoms with Crippen molar-refractivity contribution >= 4 is 5.78 Å². The van der Waals surface area contributed by atoms with Gasteiger partial charge in [-0.15, -0.1) is 0 Å². The third-order valence-corrected chi connectivity index (χ3v) is 8.28. The highest BCUT2D eigenvalue weighted by atomic mass is 16.1. The standard InChI is InChI=1S/C21H32O/c1-13(2)15-6-9-20(5)16(15)10-14(3)11-18(22)21-12-19(21,4)8-7-17(20)21/h10,13-15,17H,6-9,11-12H2,1-5H3/b16-10-/t14-,15+,17-,19-,20-,21-/m1/s1. The van der Waals surface area contributed by atoms with Gasteiger partial charge in [-0.3, -0.25) is 4.79 Å². The fourth-order valence-corrected chi connectivity index (χ4v) is 7.03. The van der Waals surface area contributed by atoms with Crippen LogP contribution in [0, 0.1) is 39.9 Å². The van der Waals surface area contributed by atoms with Crippen molar-refractivity contribution < 1.29 is 4.79 Å². The third-order valence-electron chi connectivity index (χ3n) is 8.28. The molecular formula is C21H32O. The highest BCUT2D eigenvalue weighted by Crippen LogP contribution is 2.81. The monoisotopic (exact) mass is 300 g/mol. The summed E-state index contributed by atoms with van der Waals surface area (Å²) in [6, 6.07) is 0. The second-order valence-electron chi connectivity index (χ2n) is 9.83. The average molecular weight is 300 g/mol. The number of ketones is 1. The predicted molar refractivity (Wildman–Crippen MR) is 90.4 cm³/mol. The Bertz CT molecular complexity index is 558. The first-order valence-electron chi connectivity index (χ1n) is 9.50. The average Bonchev–Trinajstić information content (AvgIpc) is 2.74. The van der Waals surface area contributed by atoms with Crippen LogP contribution in [-0.2, 0) is 4.79 Å². The molecular weight excluding hydrogens is 268 g/mol. The molecule has 0 heterocycles. The molecule has 0 bridgehead atoms. The molecule has 3 fully saturated rings. The number of rotatable bonds is 1. The summed E-state index contributed by atoms with van der Waals surface area (Å²) in [6.45, 7) is 12.0. The maximum Gasteiger partial charge on any atom is 0.140 e. The molecule has 1 spiro atoms. The summed E-state index contributed by atoms with van der Waals surface area (Å²) in [5.74, 6) is 3.15. The van der Waals surface area contributed by atoms with Crippen LogP contribution in [0.15, 0.2) is 11.6 Å². The Kier molecular flexibility index (Phi) is 2.91. The highest BCUT2D eigenvalue weighted by Gasteiger charge is 2.77. The maximum atomic E-state index is 13.1. The molecule has 0 unspecified atom stereocenters. The van der Waals surface area contributed by atoms with Crippen molar-refractivity contribution in [1.29, 1.82) is 0 Å². The molecule has 0 amide bonds. The molecule has 22 heavy (non-hydrogen) atoms. The molecule has 0 saturated heterocycles. The van der Waals surface area contributed by atoms with Crippen LogP contribution in [0.4, 0.5) is 0 Å². The van der Waals surface area contributed by atoms with Crippen molar-refractivity contribution in [3.8, 4) is 0 Å². The molecule has 4 rings (SSSR count). The SMILES string of the molecule is CC(C)[C@@H]1CC[C@]2(C)/C1=C\[C@@H](C)CC(=O)[C@]13C[C@@]1(C)CC[C@@H]32. The normalized spacial score (nSPS) is 55.8. The number of allylic oxidation sites excluding steroid dienone is 2. The zero-order valence-electron chi connectivity index (χ0n) is 15.0. The molecule has 0 aromatic carbocycles. The van der Waals surface area contributed by atoms with Crippen molar-refractivity contribution in [3.05, 3.63) is 11.6 Å². The van der Waals surface area contributed by atoms with E-state index in [2.05, 4.69) is 40.7 Å². The fourth-order valence-electron chi connectivity index (χ4n) is 7.03. The van der Waals surface area contributed by atoms with Gasteiger partial charge < -0.3 is 0 Å². The predicted octanol–water partition coefficient (Wildman–Crippen LogP) is 5.40. The van der Waals surface area contributed by atoms with E-state index in [4.69, 9.17) is 0 Å². The Labute approximate surface area is 135 Å². The van der Waals surface area contributed by atoms with Crippen LogP contribution in [0.5, 0.6) is 0 Å².